The summed E-state index contributed by atoms with van der Waals surface area (Å²) in [5, 5.41) is 3.02. The summed E-state index contributed by atoms with van der Waals surface area (Å²) in [6.07, 6.45) is 5.63. The molecule has 0 saturated carbocycles. The Morgan fingerprint density at radius 2 is 1.89 bits per heavy atom. The lowest BCUT2D eigenvalue weighted by Gasteiger charge is -2.32. The highest BCUT2D eigenvalue weighted by Gasteiger charge is 2.23. The second kappa shape index (κ2) is 9.18. The van der Waals surface area contributed by atoms with Gasteiger partial charge in [0.15, 0.2) is 0 Å². The summed E-state index contributed by atoms with van der Waals surface area (Å²) in [5.41, 5.74) is 0. The lowest BCUT2D eigenvalue weighted by Crippen LogP contribution is -2.46. The van der Waals surface area contributed by atoms with Crippen molar-refractivity contribution in [1.29, 1.82) is 0 Å². The first-order valence-corrected chi connectivity index (χ1v) is 7.84. The molecule has 5 heteroatoms. The summed E-state index contributed by atoms with van der Waals surface area (Å²) < 4.78 is 0. The number of carbonyl (C=O) groups excluding carboxylic acids is 2. The second-order valence-electron chi connectivity index (χ2n) is 5.12. The number of halogens is 1. The molecule has 0 bridgehead atoms. The van der Waals surface area contributed by atoms with E-state index in [4.69, 9.17) is 11.6 Å². The summed E-state index contributed by atoms with van der Waals surface area (Å²) in [6, 6.07) is 0.220. The number of rotatable bonds is 7. The molecular formula is C14H25ClN2O2. The topological polar surface area (TPSA) is 49.4 Å². The van der Waals surface area contributed by atoms with Crippen molar-refractivity contribution in [2.75, 3.05) is 19.0 Å². The third kappa shape index (κ3) is 6.28. The van der Waals surface area contributed by atoms with E-state index in [9.17, 15) is 9.59 Å². The molecule has 0 aromatic rings. The highest BCUT2D eigenvalue weighted by molar-refractivity contribution is 6.17. The van der Waals surface area contributed by atoms with Gasteiger partial charge in [-0.2, -0.15) is 0 Å². The van der Waals surface area contributed by atoms with Gasteiger partial charge in [0.05, 0.1) is 0 Å². The molecule has 0 aromatic carbocycles. The maximum absolute atomic E-state index is 11.9. The fraction of sp³-hybridized carbons (Fsp3) is 0.857. The molecule has 4 nitrogen and oxygen atoms in total. The van der Waals surface area contributed by atoms with Crippen LogP contribution in [0.4, 0.5) is 0 Å². The highest BCUT2D eigenvalue weighted by atomic mass is 35.5. The fourth-order valence-electron chi connectivity index (χ4n) is 2.29. The summed E-state index contributed by atoms with van der Waals surface area (Å²) >= 11 is 5.56. The van der Waals surface area contributed by atoms with Crippen LogP contribution in [-0.4, -0.2) is 41.7 Å². The number of nitrogens with one attached hydrogen (secondary N) is 1. The number of carbonyl (C=O) groups is 2. The monoisotopic (exact) mass is 288 g/mol. The van der Waals surface area contributed by atoms with E-state index < -0.39 is 0 Å². The van der Waals surface area contributed by atoms with Crippen LogP contribution in [0.2, 0.25) is 0 Å². The van der Waals surface area contributed by atoms with Crippen LogP contribution in [0.15, 0.2) is 0 Å². The molecule has 1 N–H and O–H groups in total. The zero-order valence-corrected chi connectivity index (χ0v) is 12.5. The van der Waals surface area contributed by atoms with Crippen LogP contribution in [0.3, 0.4) is 0 Å². The minimum Gasteiger partial charge on any atom is -0.353 e. The van der Waals surface area contributed by atoms with Crippen molar-refractivity contribution < 1.29 is 9.59 Å². The molecule has 1 fully saturated rings. The van der Waals surface area contributed by atoms with E-state index in [-0.39, 0.29) is 17.9 Å². The zero-order valence-electron chi connectivity index (χ0n) is 11.8. The van der Waals surface area contributed by atoms with Gasteiger partial charge in [-0.3, -0.25) is 9.59 Å². The van der Waals surface area contributed by atoms with Crippen molar-refractivity contribution >= 4 is 23.4 Å². The number of unbranched alkanes of at least 4 members (excludes halogenated alkanes) is 1. The van der Waals surface area contributed by atoms with E-state index >= 15 is 0 Å². The van der Waals surface area contributed by atoms with E-state index in [1.807, 2.05) is 4.90 Å². The predicted octanol–water partition coefficient (Wildman–Crippen LogP) is 2.30. The van der Waals surface area contributed by atoms with Crippen molar-refractivity contribution in [2.45, 2.75) is 57.9 Å². The molecule has 110 valence electrons. The fourth-order valence-corrected chi connectivity index (χ4v) is 2.42. The Morgan fingerprint density at radius 1 is 1.21 bits per heavy atom. The minimum absolute atomic E-state index is 0.0800. The van der Waals surface area contributed by atoms with Gasteiger partial charge in [0.2, 0.25) is 11.8 Å². The Hall–Kier alpha value is -0.770. The van der Waals surface area contributed by atoms with Crippen LogP contribution in [0.25, 0.3) is 0 Å². The number of amides is 2. The second-order valence-corrected chi connectivity index (χ2v) is 5.50. The van der Waals surface area contributed by atoms with Gasteiger partial charge in [-0.15, -0.1) is 11.6 Å². The van der Waals surface area contributed by atoms with Crippen molar-refractivity contribution in [2.24, 2.45) is 0 Å². The molecule has 19 heavy (non-hydrogen) atoms. The Morgan fingerprint density at radius 3 is 2.47 bits per heavy atom. The first-order chi connectivity index (χ1) is 9.17. The lowest BCUT2D eigenvalue weighted by molar-refractivity contribution is -0.132. The number of hydrogen-bond acceptors (Lipinski definition) is 2. The normalized spacial score (nSPS) is 16.4. The Balaban J connectivity index is 2.21. The van der Waals surface area contributed by atoms with Crippen LogP contribution in [0.5, 0.6) is 0 Å². The van der Waals surface area contributed by atoms with Gasteiger partial charge in [-0.25, -0.2) is 0 Å². The SMILES string of the molecule is CCCCC(=O)N1CCC(NC(=O)CCCCl)CC1. The number of nitrogens with zero attached hydrogens (tertiary/aromatic N) is 1. The van der Waals surface area contributed by atoms with Crippen LogP contribution in [0, 0.1) is 0 Å². The van der Waals surface area contributed by atoms with Gasteiger partial charge in [0.25, 0.3) is 0 Å². The van der Waals surface area contributed by atoms with Crippen LogP contribution in [0.1, 0.15) is 51.9 Å². The summed E-state index contributed by atoms with van der Waals surface area (Å²) in [4.78, 5) is 25.4. The molecule has 1 aliphatic rings. The lowest BCUT2D eigenvalue weighted by atomic mass is 10.0. The van der Waals surface area contributed by atoms with E-state index in [2.05, 4.69) is 12.2 Å². The van der Waals surface area contributed by atoms with E-state index in [1.165, 1.54) is 0 Å². The largest absolute Gasteiger partial charge is 0.353 e. The molecule has 2 amide bonds. The van der Waals surface area contributed by atoms with Gasteiger partial charge in [0.1, 0.15) is 0 Å². The summed E-state index contributed by atoms with van der Waals surface area (Å²) in [6.45, 7) is 3.63. The van der Waals surface area contributed by atoms with Crippen LogP contribution in [-0.2, 0) is 9.59 Å². The maximum Gasteiger partial charge on any atom is 0.222 e. The molecule has 0 atom stereocenters. The van der Waals surface area contributed by atoms with E-state index in [1.54, 1.807) is 0 Å². The first-order valence-electron chi connectivity index (χ1n) is 7.30. The maximum atomic E-state index is 11.9. The number of alkyl halides is 1. The van der Waals surface area contributed by atoms with Gasteiger partial charge >= 0.3 is 0 Å². The van der Waals surface area contributed by atoms with Crippen LogP contribution < -0.4 is 5.32 Å². The van der Waals surface area contributed by atoms with Crippen molar-refractivity contribution in [1.82, 2.24) is 10.2 Å². The molecule has 0 radical (unpaired) electrons. The van der Waals surface area contributed by atoms with Crippen molar-refractivity contribution in [3.63, 3.8) is 0 Å². The summed E-state index contributed by atoms with van der Waals surface area (Å²) in [5.74, 6) is 0.864. The van der Waals surface area contributed by atoms with Gasteiger partial charge in [-0.1, -0.05) is 13.3 Å². The molecule has 0 aromatic heterocycles. The highest BCUT2D eigenvalue weighted by Crippen LogP contribution is 2.13. The smallest absolute Gasteiger partial charge is 0.222 e. The van der Waals surface area contributed by atoms with Gasteiger partial charge < -0.3 is 10.2 Å². The Kier molecular flexibility index (Phi) is 7.87. The number of likely N-dealkylation sites (tertiary alicyclic amines) is 1. The molecule has 1 aliphatic heterocycles. The minimum atomic E-state index is 0.0800. The quantitative estimate of drug-likeness (QED) is 0.731. The average Bonchev–Trinajstić information content (AvgIpc) is 2.43. The van der Waals surface area contributed by atoms with Gasteiger partial charge in [-0.05, 0) is 25.7 Å². The molecule has 1 heterocycles. The number of piperidine rings is 1. The molecule has 1 saturated heterocycles. The zero-order chi connectivity index (χ0) is 14.1. The molecule has 1 rings (SSSR count). The third-order valence-electron chi connectivity index (χ3n) is 3.49. The molecule has 0 spiro atoms. The Bertz CT molecular complexity index is 289. The van der Waals surface area contributed by atoms with E-state index in [0.29, 0.717) is 18.7 Å². The standard InChI is InChI=1S/C14H25ClN2O2/c1-2-3-6-14(19)17-10-7-12(8-11-17)16-13(18)5-4-9-15/h12H,2-11H2,1H3,(H,16,18). The van der Waals surface area contributed by atoms with E-state index in [0.717, 1.165) is 45.2 Å². The third-order valence-corrected chi connectivity index (χ3v) is 3.76. The van der Waals surface area contributed by atoms with Crippen LogP contribution >= 0.6 is 11.6 Å². The average molecular weight is 289 g/mol. The van der Waals surface area contributed by atoms with Crippen molar-refractivity contribution in [3.8, 4) is 0 Å². The summed E-state index contributed by atoms with van der Waals surface area (Å²) in [7, 11) is 0. The van der Waals surface area contributed by atoms with Gasteiger partial charge in [0, 0.05) is 37.9 Å². The van der Waals surface area contributed by atoms with Crippen molar-refractivity contribution in [3.05, 3.63) is 0 Å². The number of hydrogen-bond donors (Lipinski definition) is 1. The molecule has 0 aliphatic carbocycles. The molecular weight excluding hydrogens is 264 g/mol. The molecule has 0 unspecified atom stereocenters. The Labute approximate surface area is 120 Å². The predicted molar refractivity (Wildman–Crippen MR) is 77.2 cm³/mol. The first kappa shape index (κ1) is 16.3.